The number of fused-ring (bicyclic) bond motifs is 1. The fourth-order valence-electron chi connectivity index (χ4n) is 1.30. The van der Waals surface area contributed by atoms with Gasteiger partial charge in [0.25, 0.3) is 0 Å². The summed E-state index contributed by atoms with van der Waals surface area (Å²) < 4.78 is 1.67. The molecule has 0 bridgehead atoms. The number of hydrogen-bond donors (Lipinski definition) is 2. The lowest BCUT2D eigenvalue weighted by Gasteiger charge is -1.97. The molecule has 13 heavy (non-hydrogen) atoms. The minimum absolute atomic E-state index is 0.250. The average molecular weight is 231 g/mol. The second-order valence-corrected chi connectivity index (χ2v) is 4.75. The van der Waals surface area contributed by atoms with E-state index < -0.39 is 0 Å². The number of rotatable bonds is 1. The van der Waals surface area contributed by atoms with E-state index in [1.807, 2.05) is 18.2 Å². The Balaban J connectivity index is 2.87. The summed E-state index contributed by atoms with van der Waals surface area (Å²) in [4.78, 5) is 0. The average Bonchev–Trinajstić information content (AvgIpc) is 2.43. The van der Waals surface area contributed by atoms with Gasteiger partial charge in [0.05, 0.1) is 4.21 Å². The SMILES string of the molecule is Oc1c(S)sc2cccc(CCl)c12. The van der Waals surface area contributed by atoms with Crippen molar-refractivity contribution in [1.82, 2.24) is 0 Å². The molecule has 1 N–H and O–H groups in total. The van der Waals surface area contributed by atoms with Crippen LogP contribution in [0.4, 0.5) is 0 Å². The first-order chi connectivity index (χ1) is 6.24. The second-order valence-electron chi connectivity index (χ2n) is 2.68. The summed E-state index contributed by atoms with van der Waals surface area (Å²) in [6.07, 6.45) is 0. The highest BCUT2D eigenvalue weighted by Crippen LogP contribution is 2.41. The zero-order valence-electron chi connectivity index (χ0n) is 6.62. The molecule has 0 saturated heterocycles. The van der Waals surface area contributed by atoms with Crippen molar-refractivity contribution in [3.63, 3.8) is 0 Å². The van der Waals surface area contributed by atoms with Gasteiger partial charge in [-0.05, 0) is 11.6 Å². The zero-order valence-corrected chi connectivity index (χ0v) is 9.09. The molecule has 0 amide bonds. The quantitative estimate of drug-likeness (QED) is 0.566. The lowest BCUT2D eigenvalue weighted by Crippen LogP contribution is -1.77. The largest absolute Gasteiger partial charge is 0.505 e. The molecular weight excluding hydrogens is 224 g/mol. The molecular formula is C9H7ClOS2. The van der Waals surface area contributed by atoms with Gasteiger partial charge in [-0.25, -0.2) is 0 Å². The first-order valence-corrected chi connectivity index (χ1v) is 5.52. The van der Waals surface area contributed by atoms with Crippen molar-refractivity contribution < 1.29 is 5.11 Å². The third-order valence-corrected chi connectivity index (χ3v) is 3.62. The van der Waals surface area contributed by atoms with Gasteiger partial charge in [0, 0.05) is 16.0 Å². The molecule has 2 aromatic rings. The van der Waals surface area contributed by atoms with Crippen molar-refractivity contribution in [1.29, 1.82) is 0 Å². The summed E-state index contributed by atoms with van der Waals surface area (Å²) >= 11 is 11.4. The molecule has 0 atom stereocenters. The first-order valence-electron chi connectivity index (χ1n) is 3.72. The Morgan fingerprint density at radius 3 is 2.92 bits per heavy atom. The van der Waals surface area contributed by atoms with Gasteiger partial charge in [-0.2, -0.15) is 0 Å². The van der Waals surface area contributed by atoms with E-state index in [2.05, 4.69) is 12.6 Å². The molecule has 1 heterocycles. The fourth-order valence-corrected chi connectivity index (χ4v) is 2.81. The van der Waals surface area contributed by atoms with Crippen molar-refractivity contribution >= 4 is 45.7 Å². The predicted octanol–water partition coefficient (Wildman–Crippen LogP) is 3.63. The Hall–Kier alpha value is -0.380. The second kappa shape index (κ2) is 3.40. The standard InChI is InChI=1S/C9H7ClOS2/c10-4-5-2-1-3-6-7(5)8(11)9(12)13-6/h1-3,11-12H,4H2. The molecule has 0 spiro atoms. The minimum Gasteiger partial charge on any atom is -0.505 e. The Morgan fingerprint density at radius 1 is 1.46 bits per heavy atom. The van der Waals surface area contributed by atoms with E-state index in [4.69, 9.17) is 11.6 Å². The molecule has 0 radical (unpaired) electrons. The number of thiophene rings is 1. The number of aromatic hydroxyl groups is 1. The van der Waals surface area contributed by atoms with E-state index in [1.165, 1.54) is 11.3 Å². The van der Waals surface area contributed by atoms with E-state index in [1.54, 1.807) is 0 Å². The highest BCUT2D eigenvalue weighted by atomic mass is 35.5. The predicted molar refractivity (Wildman–Crippen MR) is 60.3 cm³/mol. The molecule has 0 aliphatic carbocycles. The number of thiol groups is 1. The Labute approximate surface area is 90.4 Å². The maximum atomic E-state index is 9.69. The summed E-state index contributed by atoms with van der Waals surface area (Å²) in [6, 6.07) is 5.80. The maximum absolute atomic E-state index is 9.69. The number of hydrogen-bond acceptors (Lipinski definition) is 3. The molecule has 1 nitrogen and oxygen atoms in total. The van der Waals surface area contributed by atoms with Crippen LogP contribution in [0.2, 0.25) is 0 Å². The van der Waals surface area contributed by atoms with Crippen LogP contribution in [0, 0.1) is 0 Å². The van der Waals surface area contributed by atoms with Crippen LogP contribution in [0.15, 0.2) is 22.4 Å². The lowest BCUT2D eigenvalue weighted by atomic mass is 10.1. The van der Waals surface area contributed by atoms with Gasteiger partial charge in [0.15, 0.2) is 0 Å². The number of benzene rings is 1. The van der Waals surface area contributed by atoms with Gasteiger partial charge in [-0.1, -0.05) is 12.1 Å². The smallest absolute Gasteiger partial charge is 0.147 e. The summed E-state index contributed by atoms with van der Waals surface area (Å²) in [5.41, 5.74) is 0.952. The summed E-state index contributed by atoms with van der Waals surface area (Å²) in [7, 11) is 0. The van der Waals surface area contributed by atoms with E-state index in [-0.39, 0.29) is 5.75 Å². The first kappa shape index (κ1) is 9.19. The minimum atomic E-state index is 0.250. The van der Waals surface area contributed by atoms with Crippen LogP contribution >= 0.6 is 35.6 Å². The summed E-state index contributed by atoms with van der Waals surface area (Å²) in [5, 5.41) is 10.5. The van der Waals surface area contributed by atoms with Crippen molar-refractivity contribution in [3.05, 3.63) is 23.8 Å². The summed E-state index contributed by atoms with van der Waals surface area (Å²) in [5.74, 6) is 0.661. The van der Waals surface area contributed by atoms with Gasteiger partial charge >= 0.3 is 0 Å². The van der Waals surface area contributed by atoms with Crippen molar-refractivity contribution in [2.45, 2.75) is 10.1 Å². The Kier molecular flexibility index (Phi) is 2.41. The highest BCUT2D eigenvalue weighted by molar-refractivity contribution is 7.83. The Morgan fingerprint density at radius 2 is 2.23 bits per heavy atom. The number of halogens is 1. The molecule has 1 aromatic carbocycles. The monoisotopic (exact) mass is 230 g/mol. The molecule has 0 aliphatic heterocycles. The fraction of sp³-hybridized carbons (Fsp3) is 0.111. The topological polar surface area (TPSA) is 20.2 Å². The highest BCUT2D eigenvalue weighted by Gasteiger charge is 2.10. The van der Waals surface area contributed by atoms with E-state index in [0.29, 0.717) is 10.1 Å². The van der Waals surface area contributed by atoms with Crippen LogP contribution in [0.5, 0.6) is 5.75 Å². The van der Waals surface area contributed by atoms with Crippen LogP contribution in [0.3, 0.4) is 0 Å². The molecule has 0 saturated carbocycles. The van der Waals surface area contributed by atoms with Crippen molar-refractivity contribution in [3.8, 4) is 5.75 Å². The molecule has 2 rings (SSSR count). The molecule has 4 heteroatoms. The van der Waals surface area contributed by atoms with Crippen molar-refractivity contribution in [2.24, 2.45) is 0 Å². The molecule has 1 aromatic heterocycles. The third-order valence-electron chi connectivity index (χ3n) is 1.90. The van der Waals surface area contributed by atoms with Crippen LogP contribution in [0.1, 0.15) is 5.56 Å². The molecule has 0 unspecified atom stereocenters. The van der Waals surface area contributed by atoms with Gasteiger partial charge < -0.3 is 5.11 Å². The van der Waals surface area contributed by atoms with E-state index in [0.717, 1.165) is 15.6 Å². The van der Waals surface area contributed by atoms with Crippen LogP contribution in [0.25, 0.3) is 10.1 Å². The maximum Gasteiger partial charge on any atom is 0.147 e. The van der Waals surface area contributed by atoms with Gasteiger partial charge in [-0.3, -0.25) is 0 Å². The third kappa shape index (κ3) is 1.41. The van der Waals surface area contributed by atoms with Crippen LogP contribution < -0.4 is 0 Å². The van der Waals surface area contributed by atoms with Gasteiger partial charge in [0.2, 0.25) is 0 Å². The van der Waals surface area contributed by atoms with Gasteiger partial charge in [-0.15, -0.1) is 35.6 Å². The lowest BCUT2D eigenvalue weighted by molar-refractivity contribution is 0.473. The summed E-state index contributed by atoms with van der Waals surface area (Å²) in [6.45, 7) is 0. The Bertz CT molecular complexity index is 450. The molecule has 0 aliphatic rings. The van der Waals surface area contributed by atoms with Crippen LogP contribution in [-0.4, -0.2) is 5.11 Å². The molecule has 68 valence electrons. The van der Waals surface area contributed by atoms with Crippen molar-refractivity contribution in [2.75, 3.05) is 0 Å². The van der Waals surface area contributed by atoms with E-state index >= 15 is 0 Å². The van der Waals surface area contributed by atoms with Crippen LogP contribution in [-0.2, 0) is 5.88 Å². The van der Waals surface area contributed by atoms with Gasteiger partial charge in [0.1, 0.15) is 5.75 Å². The zero-order chi connectivity index (χ0) is 9.42. The number of alkyl halides is 1. The van der Waals surface area contributed by atoms with E-state index in [9.17, 15) is 5.11 Å². The normalized spacial score (nSPS) is 10.9. The molecule has 0 fully saturated rings.